The molecule has 0 spiro atoms. The molecular weight excluding hydrogens is 229 g/mol. The Bertz CT molecular complexity index is 407. The molecule has 0 heterocycles. The molecule has 3 unspecified atom stereocenters. The smallest absolute Gasteiger partial charge is 0.130 e. The van der Waals surface area contributed by atoms with Gasteiger partial charge in [0.25, 0.3) is 0 Å². The van der Waals surface area contributed by atoms with E-state index >= 15 is 0 Å². The number of halogens is 1. The number of nitrogens with two attached hydrogens (primary N) is 1. The monoisotopic (exact) mass is 251 g/mol. The maximum Gasteiger partial charge on any atom is 0.130 e. The Labute approximate surface area is 108 Å². The predicted octanol–water partition coefficient (Wildman–Crippen LogP) is 3.75. The summed E-state index contributed by atoms with van der Waals surface area (Å²) in [5, 5.41) is 0. The number of benzene rings is 1. The van der Waals surface area contributed by atoms with Crippen molar-refractivity contribution < 1.29 is 9.13 Å². The molecule has 2 rings (SSSR count). The zero-order chi connectivity index (χ0) is 13.1. The highest BCUT2D eigenvalue weighted by Crippen LogP contribution is 2.31. The quantitative estimate of drug-likeness (QED) is 0.830. The summed E-state index contributed by atoms with van der Waals surface area (Å²) >= 11 is 0. The van der Waals surface area contributed by atoms with Crippen LogP contribution in [-0.4, -0.2) is 6.10 Å². The van der Waals surface area contributed by atoms with Crippen molar-refractivity contribution in [3.05, 3.63) is 29.6 Å². The largest absolute Gasteiger partial charge is 0.399 e. The third-order valence-corrected chi connectivity index (χ3v) is 4.10. The Balaban J connectivity index is 1.88. The van der Waals surface area contributed by atoms with Crippen LogP contribution in [0.5, 0.6) is 0 Å². The van der Waals surface area contributed by atoms with Gasteiger partial charge in [0.15, 0.2) is 0 Å². The van der Waals surface area contributed by atoms with Gasteiger partial charge in [-0.15, -0.1) is 0 Å². The van der Waals surface area contributed by atoms with E-state index in [1.54, 1.807) is 12.1 Å². The van der Waals surface area contributed by atoms with Crippen molar-refractivity contribution in [2.75, 3.05) is 5.73 Å². The van der Waals surface area contributed by atoms with E-state index in [0.29, 0.717) is 23.8 Å². The average Bonchev–Trinajstić information content (AvgIpc) is 2.32. The number of hydrogen-bond donors (Lipinski definition) is 1. The van der Waals surface area contributed by atoms with Crippen LogP contribution in [0.3, 0.4) is 0 Å². The van der Waals surface area contributed by atoms with Crippen molar-refractivity contribution in [1.29, 1.82) is 0 Å². The van der Waals surface area contributed by atoms with E-state index in [4.69, 9.17) is 10.5 Å². The van der Waals surface area contributed by atoms with Crippen LogP contribution in [0.15, 0.2) is 18.2 Å². The van der Waals surface area contributed by atoms with E-state index in [1.165, 1.54) is 12.5 Å². The van der Waals surface area contributed by atoms with Crippen LogP contribution in [-0.2, 0) is 11.3 Å². The fourth-order valence-electron chi connectivity index (χ4n) is 2.54. The van der Waals surface area contributed by atoms with Crippen LogP contribution in [0.25, 0.3) is 0 Å². The first-order chi connectivity index (χ1) is 8.56. The Hall–Kier alpha value is -1.09. The van der Waals surface area contributed by atoms with Gasteiger partial charge in [-0.3, -0.25) is 0 Å². The van der Waals surface area contributed by atoms with Crippen LogP contribution in [0.2, 0.25) is 0 Å². The van der Waals surface area contributed by atoms with Crippen molar-refractivity contribution in [1.82, 2.24) is 0 Å². The minimum Gasteiger partial charge on any atom is -0.399 e. The van der Waals surface area contributed by atoms with Gasteiger partial charge < -0.3 is 10.5 Å². The molecule has 0 radical (unpaired) electrons. The molecule has 0 bridgehead atoms. The van der Waals surface area contributed by atoms with E-state index in [-0.39, 0.29) is 11.9 Å². The molecule has 1 fully saturated rings. The third-order valence-electron chi connectivity index (χ3n) is 4.10. The molecule has 1 aliphatic carbocycles. The van der Waals surface area contributed by atoms with Gasteiger partial charge in [-0.05, 0) is 43.2 Å². The highest BCUT2D eigenvalue weighted by molar-refractivity contribution is 5.40. The summed E-state index contributed by atoms with van der Waals surface area (Å²) in [6.45, 7) is 4.91. The molecule has 1 aromatic carbocycles. The molecule has 100 valence electrons. The normalized spacial score (nSPS) is 28.3. The fraction of sp³-hybridized carbons (Fsp3) is 0.600. The van der Waals surface area contributed by atoms with Gasteiger partial charge >= 0.3 is 0 Å². The topological polar surface area (TPSA) is 35.2 Å². The number of hydrogen-bond acceptors (Lipinski definition) is 2. The van der Waals surface area contributed by atoms with E-state index < -0.39 is 0 Å². The van der Waals surface area contributed by atoms with Gasteiger partial charge in [-0.25, -0.2) is 4.39 Å². The molecule has 0 amide bonds. The highest BCUT2D eigenvalue weighted by Gasteiger charge is 2.25. The van der Waals surface area contributed by atoms with Gasteiger partial charge in [0, 0.05) is 11.3 Å². The van der Waals surface area contributed by atoms with Crippen LogP contribution in [0, 0.1) is 17.7 Å². The number of rotatable bonds is 3. The molecule has 0 aromatic heterocycles. The summed E-state index contributed by atoms with van der Waals surface area (Å²) < 4.78 is 19.4. The summed E-state index contributed by atoms with van der Waals surface area (Å²) in [6, 6.07) is 4.77. The Morgan fingerprint density at radius 2 is 2.06 bits per heavy atom. The zero-order valence-electron chi connectivity index (χ0n) is 11.2. The second-order valence-corrected chi connectivity index (χ2v) is 5.55. The highest BCUT2D eigenvalue weighted by atomic mass is 19.1. The van der Waals surface area contributed by atoms with E-state index in [1.807, 2.05) is 0 Å². The van der Waals surface area contributed by atoms with Gasteiger partial charge in [0.2, 0.25) is 0 Å². The predicted molar refractivity (Wildman–Crippen MR) is 71.6 cm³/mol. The Kier molecular flexibility index (Phi) is 4.23. The van der Waals surface area contributed by atoms with Crippen molar-refractivity contribution in [2.45, 2.75) is 45.8 Å². The average molecular weight is 251 g/mol. The SMILES string of the molecule is CC1CCC(OCc2ccc(N)cc2F)CC1C. The molecule has 2 nitrogen and oxygen atoms in total. The van der Waals surface area contributed by atoms with Gasteiger partial charge in [-0.1, -0.05) is 19.9 Å². The lowest BCUT2D eigenvalue weighted by Crippen LogP contribution is -2.26. The summed E-state index contributed by atoms with van der Waals surface area (Å²) in [5.74, 6) is 1.20. The Morgan fingerprint density at radius 3 is 2.72 bits per heavy atom. The van der Waals surface area contributed by atoms with Crippen molar-refractivity contribution in [3.8, 4) is 0 Å². The molecule has 1 aromatic rings. The van der Waals surface area contributed by atoms with Crippen molar-refractivity contribution in [2.24, 2.45) is 11.8 Å². The second-order valence-electron chi connectivity index (χ2n) is 5.55. The lowest BCUT2D eigenvalue weighted by atomic mass is 9.80. The van der Waals surface area contributed by atoms with Crippen molar-refractivity contribution >= 4 is 5.69 Å². The standard InChI is InChI=1S/C15H22FNO/c1-10-3-6-14(7-11(10)2)18-9-12-4-5-13(17)8-15(12)16/h4-5,8,10-11,14H,3,6-7,9,17H2,1-2H3. The third kappa shape index (κ3) is 3.22. The van der Waals surface area contributed by atoms with Crippen LogP contribution in [0.4, 0.5) is 10.1 Å². The molecule has 0 aliphatic heterocycles. The lowest BCUT2D eigenvalue weighted by molar-refractivity contribution is -0.00844. The number of ether oxygens (including phenoxy) is 1. The van der Waals surface area contributed by atoms with E-state index in [9.17, 15) is 4.39 Å². The Morgan fingerprint density at radius 1 is 1.28 bits per heavy atom. The first-order valence-corrected chi connectivity index (χ1v) is 6.71. The van der Waals surface area contributed by atoms with Gasteiger partial charge in [0.1, 0.15) is 5.82 Å². The molecule has 3 heteroatoms. The molecule has 3 atom stereocenters. The van der Waals surface area contributed by atoms with Crippen LogP contribution >= 0.6 is 0 Å². The first kappa shape index (κ1) is 13.3. The number of anilines is 1. The maximum absolute atomic E-state index is 13.6. The number of nitrogen functional groups attached to an aromatic ring is 1. The minimum atomic E-state index is -0.271. The summed E-state index contributed by atoms with van der Waals surface area (Å²) in [5.41, 5.74) is 6.57. The first-order valence-electron chi connectivity index (χ1n) is 6.71. The molecule has 18 heavy (non-hydrogen) atoms. The maximum atomic E-state index is 13.6. The summed E-state index contributed by atoms with van der Waals surface area (Å²) in [7, 11) is 0. The van der Waals surface area contributed by atoms with Crippen molar-refractivity contribution in [3.63, 3.8) is 0 Å². The van der Waals surface area contributed by atoms with Crippen LogP contribution in [0.1, 0.15) is 38.7 Å². The molecule has 2 N–H and O–H groups in total. The van der Waals surface area contributed by atoms with E-state index in [2.05, 4.69) is 13.8 Å². The molecular formula is C15H22FNO. The summed E-state index contributed by atoms with van der Waals surface area (Å²) in [6.07, 6.45) is 3.64. The summed E-state index contributed by atoms with van der Waals surface area (Å²) in [4.78, 5) is 0. The molecule has 0 saturated heterocycles. The second kappa shape index (κ2) is 5.70. The van der Waals surface area contributed by atoms with Gasteiger partial charge in [-0.2, -0.15) is 0 Å². The fourth-order valence-corrected chi connectivity index (χ4v) is 2.54. The van der Waals surface area contributed by atoms with Gasteiger partial charge in [0.05, 0.1) is 12.7 Å². The van der Waals surface area contributed by atoms with E-state index in [0.717, 1.165) is 18.8 Å². The molecule has 1 saturated carbocycles. The molecule has 1 aliphatic rings. The minimum absolute atomic E-state index is 0.271. The van der Waals surface area contributed by atoms with Crippen LogP contribution < -0.4 is 5.73 Å². The zero-order valence-corrected chi connectivity index (χ0v) is 11.2. The lowest BCUT2D eigenvalue weighted by Gasteiger charge is -2.32.